The van der Waals surface area contributed by atoms with Crippen molar-refractivity contribution in [2.45, 2.75) is 6.61 Å². The van der Waals surface area contributed by atoms with Gasteiger partial charge in [0.25, 0.3) is 0 Å². The van der Waals surface area contributed by atoms with Crippen molar-refractivity contribution in [2.75, 3.05) is 14.2 Å². The number of aromatic carboxylic acids is 1. The fourth-order valence-electron chi connectivity index (χ4n) is 1.83. The lowest BCUT2D eigenvalue weighted by atomic mass is 10.0. The number of hydrogen-bond donors (Lipinski definition) is 2. The molecule has 0 saturated carbocycles. The van der Waals surface area contributed by atoms with Crippen LogP contribution in [0.15, 0.2) is 18.2 Å². The topological polar surface area (TPSA) is 84.4 Å². The molecule has 1 heterocycles. The molecule has 1 aromatic carbocycles. The maximum absolute atomic E-state index is 10.9. The molecular weight excluding hydrogens is 284 g/mol. The highest BCUT2D eigenvalue weighted by molar-refractivity contribution is 6.32. The van der Waals surface area contributed by atoms with Crippen LogP contribution in [0.5, 0.6) is 5.75 Å². The molecule has 7 heteroatoms. The van der Waals surface area contributed by atoms with E-state index in [2.05, 4.69) is 10.2 Å². The Hall–Kier alpha value is -2.05. The van der Waals surface area contributed by atoms with Crippen LogP contribution < -0.4 is 4.74 Å². The minimum Gasteiger partial charge on any atom is -0.495 e. The largest absolute Gasteiger partial charge is 0.495 e. The van der Waals surface area contributed by atoms with Crippen molar-refractivity contribution in [3.05, 3.63) is 34.5 Å². The second-order valence-corrected chi connectivity index (χ2v) is 4.46. The summed E-state index contributed by atoms with van der Waals surface area (Å²) in [5.41, 5.74) is 1.99. The second kappa shape index (κ2) is 5.94. The molecule has 0 fully saturated rings. The van der Waals surface area contributed by atoms with Crippen LogP contribution >= 0.6 is 11.6 Å². The standard InChI is InChI=1S/C13H13ClN2O4/c1-19-6-7-3-12(20-2)9(14)4-8(7)10-5-11(13(17)18)16-15-10/h3-5H,6H2,1-2H3,(H,15,16)(H,17,18). The van der Waals surface area contributed by atoms with Crippen molar-refractivity contribution < 1.29 is 19.4 Å². The van der Waals surface area contributed by atoms with E-state index in [0.29, 0.717) is 28.6 Å². The molecule has 106 valence electrons. The lowest BCUT2D eigenvalue weighted by molar-refractivity contribution is 0.0690. The van der Waals surface area contributed by atoms with Crippen LogP contribution in [0.3, 0.4) is 0 Å². The molecule has 0 aliphatic carbocycles. The molecule has 0 bridgehead atoms. The van der Waals surface area contributed by atoms with Crippen LogP contribution in [0.4, 0.5) is 0 Å². The van der Waals surface area contributed by atoms with Gasteiger partial charge in [-0.3, -0.25) is 5.10 Å². The minimum atomic E-state index is -1.07. The summed E-state index contributed by atoms with van der Waals surface area (Å²) in [6.45, 7) is 0.331. The molecular formula is C13H13ClN2O4. The summed E-state index contributed by atoms with van der Waals surface area (Å²) in [7, 11) is 3.09. The summed E-state index contributed by atoms with van der Waals surface area (Å²) < 4.78 is 10.3. The summed E-state index contributed by atoms with van der Waals surface area (Å²) >= 11 is 6.10. The zero-order chi connectivity index (χ0) is 14.7. The van der Waals surface area contributed by atoms with Crippen molar-refractivity contribution >= 4 is 17.6 Å². The van der Waals surface area contributed by atoms with Gasteiger partial charge in [-0.2, -0.15) is 5.10 Å². The average Bonchev–Trinajstić information content (AvgIpc) is 2.90. The van der Waals surface area contributed by atoms with Crippen molar-refractivity contribution in [1.82, 2.24) is 10.2 Å². The maximum Gasteiger partial charge on any atom is 0.353 e. The van der Waals surface area contributed by atoms with Crippen LogP contribution in [0.1, 0.15) is 16.1 Å². The first-order valence-electron chi connectivity index (χ1n) is 5.71. The van der Waals surface area contributed by atoms with Gasteiger partial charge in [-0.1, -0.05) is 11.6 Å². The number of H-pyrrole nitrogens is 1. The number of aromatic nitrogens is 2. The molecule has 2 aromatic rings. The van der Waals surface area contributed by atoms with Gasteiger partial charge >= 0.3 is 5.97 Å². The zero-order valence-corrected chi connectivity index (χ0v) is 11.7. The first kappa shape index (κ1) is 14.4. The summed E-state index contributed by atoms with van der Waals surface area (Å²) in [5.74, 6) is -0.548. The molecule has 0 radical (unpaired) electrons. The molecule has 0 aliphatic heterocycles. The molecule has 0 spiro atoms. The van der Waals surface area contributed by atoms with Gasteiger partial charge in [0.15, 0.2) is 0 Å². The number of hydrogen-bond acceptors (Lipinski definition) is 4. The van der Waals surface area contributed by atoms with E-state index in [1.807, 2.05) is 0 Å². The third kappa shape index (κ3) is 2.76. The van der Waals surface area contributed by atoms with Gasteiger partial charge in [-0.25, -0.2) is 4.79 Å². The molecule has 0 unspecified atom stereocenters. The smallest absolute Gasteiger partial charge is 0.353 e. The van der Waals surface area contributed by atoms with E-state index >= 15 is 0 Å². The average molecular weight is 297 g/mol. The van der Waals surface area contributed by atoms with Gasteiger partial charge < -0.3 is 14.6 Å². The number of carbonyl (C=O) groups is 1. The van der Waals surface area contributed by atoms with Gasteiger partial charge in [0.05, 0.1) is 24.4 Å². The number of nitrogens with zero attached hydrogens (tertiary/aromatic N) is 1. The third-order valence-electron chi connectivity index (χ3n) is 2.76. The molecule has 2 N–H and O–H groups in total. The maximum atomic E-state index is 10.9. The first-order valence-corrected chi connectivity index (χ1v) is 6.09. The van der Waals surface area contributed by atoms with Crippen LogP contribution in [0, 0.1) is 0 Å². The number of benzene rings is 1. The summed E-state index contributed by atoms with van der Waals surface area (Å²) in [6.07, 6.45) is 0. The monoisotopic (exact) mass is 296 g/mol. The SMILES string of the molecule is COCc1cc(OC)c(Cl)cc1-c1cc(C(=O)O)[nH]n1. The van der Waals surface area contributed by atoms with Crippen molar-refractivity contribution in [1.29, 1.82) is 0 Å². The highest BCUT2D eigenvalue weighted by Crippen LogP contribution is 2.33. The number of halogens is 1. The normalized spacial score (nSPS) is 10.6. The van der Waals surface area contributed by atoms with Gasteiger partial charge in [0, 0.05) is 12.7 Å². The first-order chi connectivity index (χ1) is 9.56. The quantitative estimate of drug-likeness (QED) is 0.886. The Bertz CT molecular complexity index is 639. The predicted molar refractivity (Wildman–Crippen MR) is 73.3 cm³/mol. The minimum absolute atomic E-state index is 0.00954. The van der Waals surface area contributed by atoms with E-state index in [0.717, 1.165) is 5.56 Å². The zero-order valence-electron chi connectivity index (χ0n) is 10.9. The number of carboxylic acids is 1. The van der Waals surface area contributed by atoms with Gasteiger partial charge in [0.1, 0.15) is 11.4 Å². The second-order valence-electron chi connectivity index (χ2n) is 4.05. The van der Waals surface area contributed by atoms with Gasteiger partial charge in [0.2, 0.25) is 0 Å². The molecule has 0 atom stereocenters. The Labute approximate surface area is 120 Å². The van der Waals surface area contributed by atoms with E-state index < -0.39 is 5.97 Å². The van der Waals surface area contributed by atoms with E-state index in [9.17, 15) is 4.79 Å². The highest BCUT2D eigenvalue weighted by atomic mass is 35.5. The van der Waals surface area contributed by atoms with Crippen molar-refractivity contribution in [3.8, 4) is 17.0 Å². The molecule has 0 aliphatic rings. The summed E-state index contributed by atoms with van der Waals surface area (Å²) in [6, 6.07) is 4.87. The number of nitrogens with one attached hydrogen (secondary N) is 1. The molecule has 20 heavy (non-hydrogen) atoms. The molecule has 2 rings (SSSR count). The lowest BCUT2D eigenvalue weighted by Gasteiger charge is -2.11. The number of rotatable bonds is 5. The number of carboxylic acid groups (broad SMARTS) is 1. The van der Waals surface area contributed by atoms with E-state index in [1.165, 1.54) is 13.2 Å². The fraction of sp³-hybridized carbons (Fsp3) is 0.231. The van der Waals surface area contributed by atoms with E-state index in [-0.39, 0.29) is 5.69 Å². The van der Waals surface area contributed by atoms with Crippen LogP contribution in [-0.2, 0) is 11.3 Å². The van der Waals surface area contributed by atoms with Crippen molar-refractivity contribution in [2.24, 2.45) is 0 Å². The van der Waals surface area contributed by atoms with Crippen LogP contribution in [0.2, 0.25) is 5.02 Å². The lowest BCUT2D eigenvalue weighted by Crippen LogP contribution is -1.95. The number of ether oxygens (including phenoxy) is 2. The highest BCUT2D eigenvalue weighted by Gasteiger charge is 2.15. The Morgan fingerprint density at radius 3 is 2.70 bits per heavy atom. The molecule has 0 saturated heterocycles. The predicted octanol–water partition coefficient (Wildman–Crippen LogP) is 2.58. The number of methoxy groups -OCH3 is 2. The van der Waals surface area contributed by atoms with Crippen LogP contribution in [0.25, 0.3) is 11.3 Å². The van der Waals surface area contributed by atoms with E-state index in [1.54, 1.807) is 19.2 Å². The molecule has 0 amide bonds. The third-order valence-corrected chi connectivity index (χ3v) is 3.06. The van der Waals surface area contributed by atoms with Gasteiger partial charge in [-0.15, -0.1) is 0 Å². The van der Waals surface area contributed by atoms with Crippen molar-refractivity contribution in [3.63, 3.8) is 0 Å². The number of aromatic amines is 1. The summed E-state index contributed by atoms with van der Waals surface area (Å²) in [4.78, 5) is 10.9. The van der Waals surface area contributed by atoms with Gasteiger partial charge in [-0.05, 0) is 23.8 Å². The van der Waals surface area contributed by atoms with Crippen LogP contribution in [-0.4, -0.2) is 35.5 Å². The molecule has 1 aromatic heterocycles. The molecule has 6 nitrogen and oxygen atoms in total. The fourth-order valence-corrected chi connectivity index (χ4v) is 2.08. The van der Waals surface area contributed by atoms with E-state index in [4.69, 9.17) is 26.2 Å². The summed E-state index contributed by atoms with van der Waals surface area (Å²) in [5, 5.41) is 15.8. The Kier molecular flexibility index (Phi) is 4.26. The Balaban J connectivity index is 2.52. The Morgan fingerprint density at radius 1 is 1.40 bits per heavy atom. The Morgan fingerprint density at radius 2 is 2.15 bits per heavy atom.